The molecule has 0 radical (unpaired) electrons. The minimum atomic E-state index is -2.18. The van der Waals surface area contributed by atoms with Gasteiger partial charge in [0.1, 0.15) is 0 Å². The van der Waals surface area contributed by atoms with E-state index in [0.717, 1.165) is 56.9 Å². The zero-order chi connectivity index (χ0) is 18.9. The van der Waals surface area contributed by atoms with Gasteiger partial charge in [-0.25, -0.2) is 8.78 Å². The molecule has 3 saturated carbocycles. The van der Waals surface area contributed by atoms with Crippen LogP contribution in [0, 0.1) is 16.7 Å². The van der Waals surface area contributed by atoms with E-state index in [4.69, 9.17) is 0 Å². The number of halogens is 2. The van der Waals surface area contributed by atoms with Gasteiger partial charge in [-0.2, -0.15) is 0 Å². The molecule has 1 N–H and O–H groups in total. The molecule has 0 heterocycles. The molecule has 0 spiro atoms. The van der Waals surface area contributed by atoms with Gasteiger partial charge in [-0.05, 0) is 85.7 Å². The highest BCUT2D eigenvalue weighted by Gasteiger charge is 2.56. The highest BCUT2D eigenvalue weighted by molar-refractivity contribution is 5.38. The lowest BCUT2D eigenvalue weighted by atomic mass is 9.54. The number of allylic oxidation sites excluding steroid dienone is 3. The second kappa shape index (κ2) is 7.58. The molecule has 3 aliphatic rings. The number of hydrogen-bond acceptors (Lipinski definition) is 1. The molecule has 0 aromatic carbocycles. The fraction of sp³-hybridized carbons (Fsp3) is 0.739. The second-order valence-electron chi connectivity index (χ2n) is 9.12. The molecule has 0 aliphatic heterocycles. The molecular weight excluding hydrogens is 330 g/mol. The number of fused-ring (bicyclic) bond motifs is 1. The molecule has 0 aromatic heterocycles. The van der Waals surface area contributed by atoms with Gasteiger partial charge in [-0.1, -0.05) is 38.2 Å². The zero-order valence-electron chi connectivity index (χ0n) is 16.4. The maximum atomic E-state index is 12.8. The first-order chi connectivity index (χ1) is 12.3. The summed E-state index contributed by atoms with van der Waals surface area (Å²) in [6.45, 7) is 8.78. The molecule has 146 valence electrons. The maximum Gasteiger partial charge on any atom is 0.238 e. The Balaban J connectivity index is 1.82. The van der Waals surface area contributed by atoms with Gasteiger partial charge in [0.2, 0.25) is 6.43 Å². The molecule has 4 atom stereocenters. The van der Waals surface area contributed by atoms with Crippen LogP contribution in [0.4, 0.5) is 8.78 Å². The first-order valence-electron chi connectivity index (χ1n) is 10.3. The lowest BCUT2D eigenvalue weighted by Crippen LogP contribution is -2.41. The standard InChI is InChI=1S/C23H34F2O/c1-16-17(6-4-8-20(16)26)9-10-18-7-5-14-22(2)19(11-12-21(24)25)13-15-23(18,22)3/h9-10,19-21,26H,1,4-8,11-15H2,2-3H3/b17-9-,18-10+. The monoisotopic (exact) mass is 364 g/mol. The minimum absolute atomic E-state index is 0.0388. The van der Waals surface area contributed by atoms with Gasteiger partial charge in [-0.3, -0.25) is 0 Å². The van der Waals surface area contributed by atoms with Gasteiger partial charge in [-0.15, -0.1) is 0 Å². The molecule has 3 heteroatoms. The molecule has 0 amide bonds. The molecule has 3 aliphatic carbocycles. The Morgan fingerprint density at radius 3 is 2.65 bits per heavy atom. The molecule has 26 heavy (non-hydrogen) atoms. The van der Waals surface area contributed by atoms with E-state index in [9.17, 15) is 13.9 Å². The van der Waals surface area contributed by atoms with E-state index in [1.54, 1.807) is 0 Å². The van der Waals surface area contributed by atoms with E-state index in [-0.39, 0.29) is 17.3 Å². The third kappa shape index (κ3) is 3.44. The van der Waals surface area contributed by atoms with Crippen LogP contribution in [0.5, 0.6) is 0 Å². The summed E-state index contributed by atoms with van der Waals surface area (Å²) in [6, 6.07) is 0. The molecule has 0 bridgehead atoms. The predicted octanol–water partition coefficient (Wildman–Crippen LogP) is 6.59. The summed E-state index contributed by atoms with van der Waals surface area (Å²) in [5, 5.41) is 10.0. The molecule has 1 nitrogen and oxygen atoms in total. The van der Waals surface area contributed by atoms with Crippen LogP contribution in [-0.2, 0) is 0 Å². The van der Waals surface area contributed by atoms with Crippen molar-refractivity contribution >= 4 is 0 Å². The van der Waals surface area contributed by atoms with Crippen LogP contribution in [0.25, 0.3) is 0 Å². The van der Waals surface area contributed by atoms with Gasteiger partial charge in [0.25, 0.3) is 0 Å². The summed E-state index contributed by atoms with van der Waals surface area (Å²) in [7, 11) is 0. The Labute approximate surface area is 157 Å². The van der Waals surface area contributed by atoms with Crippen molar-refractivity contribution in [2.45, 2.75) is 90.6 Å². The Hall–Kier alpha value is -0.960. The molecular formula is C23H34F2O. The molecule has 0 aromatic rings. The van der Waals surface area contributed by atoms with Gasteiger partial charge in [0.05, 0.1) is 6.10 Å². The van der Waals surface area contributed by atoms with Crippen molar-refractivity contribution in [2.24, 2.45) is 16.7 Å². The van der Waals surface area contributed by atoms with Crippen LogP contribution < -0.4 is 0 Å². The van der Waals surface area contributed by atoms with Crippen molar-refractivity contribution in [1.82, 2.24) is 0 Å². The van der Waals surface area contributed by atoms with Crippen molar-refractivity contribution in [3.05, 3.63) is 35.5 Å². The molecule has 4 unspecified atom stereocenters. The topological polar surface area (TPSA) is 20.2 Å². The van der Waals surface area contributed by atoms with E-state index in [0.29, 0.717) is 12.3 Å². The summed E-state index contributed by atoms with van der Waals surface area (Å²) in [6.07, 6.45) is 11.0. The van der Waals surface area contributed by atoms with Crippen molar-refractivity contribution in [2.75, 3.05) is 0 Å². The number of rotatable bonds is 4. The van der Waals surface area contributed by atoms with Crippen LogP contribution in [0.2, 0.25) is 0 Å². The van der Waals surface area contributed by atoms with E-state index in [1.807, 2.05) is 0 Å². The SMILES string of the molecule is C=C1/C(=C\C=C2/CCCC3(C)C(CCC(F)F)CCC23C)CCCC1O. The van der Waals surface area contributed by atoms with Crippen molar-refractivity contribution in [1.29, 1.82) is 0 Å². The lowest BCUT2D eigenvalue weighted by molar-refractivity contribution is 0.0440. The number of aliphatic hydroxyl groups excluding tert-OH is 1. The Bertz CT molecular complexity index is 605. The Morgan fingerprint density at radius 1 is 1.15 bits per heavy atom. The fourth-order valence-electron chi connectivity index (χ4n) is 5.93. The second-order valence-corrected chi connectivity index (χ2v) is 9.12. The number of aliphatic hydroxyl groups is 1. The van der Waals surface area contributed by atoms with E-state index in [1.165, 1.54) is 11.1 Å². The zero-order valence-corrected chi connectivity index (χ0v) is 16.4. The van der Waals surface area contributed by atoms with E-state index in [2.05, 4.69) is 32.6 Å². The maximum absolute atomic E-state index is 12.8. The summed E-state index contributed by atoms with van der Waals surface area (Å²) in [5.74, 6) is 0.407. The number of hydrogen-bond donors (Lipinski definition) is 1. The summed E-state index contributed by atoms with van der Waals surface area (Å²) >= 11 is 0. The molecule has 0 saturated heterocycles. The largest absolute Gasteiger partial charge is 0.388 e. The quantitative estimate of drug-likeness (QED) is 0.596. The van der Waals surface area contributed by atoms with Crippen LogP contribution in [0.15, 0.2) is 35.5 Å². The average molecular weight is 365 g/mol. The molecule has 3 fully saturated rings. The van der Waals surface area contributed by atoms with E-state index >= 15 is 0 Å². The van der Waals surface area contributed by atoms with Crippen LogP contribution >= 0.6 is 0 Å². The lowest BCUT2D eigenvalue weighted by Gasteiger charge is -2.50. The van der Waals surface area contributed by atoms with Crippen molar-refractivity contribution in [3.63, 3.8) is 0 Å². The Kier molecular flexibility index (Phi) is 5.77. The smallest absolute Gasteiger partial charge is 0.238 e. The van der Waals surface area contributed by atoms with Gasteiger partial charge in [0, 0.05) is 6.42 Å². The third-order valence-electron chi connectivity index (χ3n) is 7.96. The van der Waals surface area contributed by atoms with Gasteiger partial charge in [0.15, 0.2) is 0 Å². The van der Waals surface area contributed by atoms with E-state index < -0.39 is 12.5 Å². The highest BCUT2D eigenvalue weighted by atomic mass is 19.3. The summed E-state index contributed by atoms with van der Waals surface area (Å²) in [4.78, 5) is 0. The first-order valence-corrected chi connectivity index (χ1v) is 10.3. The third-order valence-corrected chi connectivity index (χ3v) is 7.96. The number of alkyl halides is 2. The van der Waals surface area contributed by atoms with Crippen molar-refractivity contribution in [3.8, 4) is 0 Å². The first kappa shape index (κ1) is 19.8. The van der Waals surface area contributed by atoms with Crippen LogP contribution in [-0.4, -0.2) is 17.6 Å². The highest BCUT2D eigenvalue weighted by Crippen LogP contribution is 2.66. The molecule has 3 rings (SSSR count). The van der Waals surface area contributed by atoms with Crippen molar-refractivity contribution < 1.29 is 13.9 Å². The van der Waals surface area contributed by atoms with Gasteiger partial charge < -0.3 is 5.11 Å². The average Bonchev–Trinajstić information content (AvgIpc) is 2.86. The van der Waals surface area contributed by atoms with Crippen LogP contribution in [0.3, 0.4) is 0 Å². The summed E-state index contributed by atoms with van der Waals surface area (Å²) in [5.41, 5.74) is 3.78. The minimum Gasteiger partial charge on any atom is -0.388 e. The summed E-state index contributed by atoms with van der Waals surface area (Å²) < 4.78 is 25.5. The van der Waals surface area contributed by atoms with Crippen LogP contribution in [0.1, 0.15) is 78.1 Å². The Morgan fingerprint density at radius 2 is 1.92 bits per heavy atom. The normalized spacial score (nSPS) is 41.2. The predicted molar refractivity (Wildman–Crippen MR) is 103 cm³/mol. The van der Waals surface area contributed by atoms with Gasteiger partial charge >= 0.3 is 0 Å². The fourth-order valence-corrected chi connectivity index (χ4v) is 5.93.